The summed E-state index contributed by atoms with van der Waals surface area (Å²) in [7, 11) is 0. The Bertz CT molecular complexity index is 953. The van der Waals surface area contributed by atoms with Gasteiger partial charge in [-0.15, -0.1) is 0 Å². The highest BCUT2D eigenvalue weighted by molar-refractivity contribution is 5.85. The highest BCUT2D eigenvalue weighted by atomic mass is 16.4. The van der Waals surface area contributed by atoms with E-state index in [0.29, 0.717) is 16.7 Å². The molecule has 22 heavy (non-hydrogen) atoms. The third-order valence-electron chi connectivity index (χ3n) is 3.61. The average Bonchev–Trinajstić information content (AvgIpc) is 2.45. The fraction of sp³-hybridized carbons (Fsp3) is 0.118. The van der Waals surface area contributed by atoms with Crippen LogP contribution in [0.5, 0.6) is 17.2 Å². The van der Waals surface area contributed by atoms with Gasteiger partial charge in [-0.05, 0) is 49.2 Å². The van der Waals surface area contributed by atoms with Crippen LogP contribution in [0.1, 0.15) is 11.1 Å². The summed E-state index contributed by atoms with van der Waals surface area (Å²) in [5.41, 5.74) is 1.22. The molecule has 0 atom stereocenters. The van der Waals surface area contributed by atoms with Gasteiger partial charge in [0.2, 0.25) is 11.2 Å². The molecule has 0 spiro atoms. The summed E-state index contributed by atoms with van der Waals surface area (Å²) in [5.74, 6) is -0.400. The number of phenols is 2. The standard InChI is InChI=1S/C17H14O5/c1-8-5-10(3-4-12(8)19)17-16(21)15(20)14-9(2)6-11(18)7-13(14)22-17/h3-7,18-19,21H,1-2H3. The van der Waals surface area contributed by atoms with Crippen LogP contribution in [0, 0.1) is 13.8 Å². The maximum atomic E-state index is 12.4. The van der Waals surface area contributed by atoms with Crippen molar-refractivity contribution in [2.24, 2.45) is 0 Å². The Kier molecular flexibility index (Phi) is 3.06. The van der Waals surface area contributed by atoms with E-state index in [9.17, 15) is 20.1 Å². The zero-order chi connectivity index (χ0) is 16.0. The van der Waals surface area contributed by atoms with Crippen molar-refractivity contribution in [1.29, 1.82) is 0 Å². The molecule has 0 amide bonds. The van der Waals surface area contributed by atoms with Gasteiger partial charge in [-0.25, -0.2) is 0 Å². The van der Waals surface area contributed by atoms with Crippen molar-refractivity contribution in [2.75, 3.05) is 0 Å². The van der Waals surface area contributed by atoms with Gasteiger partial charge in [0.1, 0.15) is 17.1 Å². The highest BCUT2D eigenvalue weighted by Crippen LogP contribution is 2.34. The number of aryl methyl sites for hydroxylation is 2. The maximum absolute atomic E-state index is 12.4. The number of aromatic hydroxyl groups is 3. The Morgan fingerprint density at radius 2 is 1.68 bits per heavy atom. The van der Waals surface area contributed by atoms with Crippen LogP contribution in [-0.2, 0) is 0 Å². The Morgan fingerprint density at radius 1 is 0.955 bits per heavy atom. The Hall–Kier alpha value is -2.95. The second-order valence-electron chi connectivity index (χ2n) is 5.25. The van der Waals surface area contributed by atoms with Crippen LogP contribution in [0.3, 0.4) is 0 Å². The zero-order valence-corrected chi connectivity index (χ0v) is 12.0. The number of rotatable bonds is 1. The van der Waals surface area contributed by atoms with Gasteiger partial charge >= 0.3 is 0 Å². The number of hydrogen-bond acceptors (Lipinski definition) is 5. The Balaban J connectivity index is 2.38. The third kappa shape index (κ3) is 2.07. The number of fused-ring (bicyclic) bond motifs is 1. The van der Waals surface area contributed by atoms with Crippen molar-refractivity contribution in [1.82, 2.24) is 0 Å². The van der Waals surface area contributed by atoms with E-state index in [4.69, 9.17) is 4.42 Å². The number of hydrogen-bond donors (Lipinski definition) is 3. The summed E-state index contributed by atoms with van der Waals surface area (Å²) in [6, 6.07) is 7.38. The summed E-state index contributed by atoms with van der Waals surface area (Å²) in [6.07, 6.45) is 0. The first-order valence-electron chi connectivity index (χ1n) is 6.68. The molecular formula is C17H14O5. The van der Waals surface area contributed by atoms with Crippen LogP contribution in [0.2, 0.25) is 0 Å². The second kappa shape index (κ2) is 4.80. The molecule has 0 aliphatic carbocycles. The number of benzene rings is 2. The van der Waals surface area contributed by atoms with Crippen LogP contribution >= 0.6 is 0 Å². The monoisotopic (exact) mass is 298 g/mol. The molecule has 3 rings (SSSR count). The third-order valence-corrected chi connectivity index (χ3v) is 3.61. The van der Waals surface area contributed by atoms with Crippen LogP contribution < -0.4 is 5.43 Å². The summed E-state index contributed by atoms with van der Waals surface area (Å²) in [6.45, 7) is 3.35. The van der Waals surface area contributed by atoms with Crippen molar-refractivity contribution < 1.29 is 19.7 Å². The predicted octanol–water partition coefficient (Wildman–Crippen LogP) is 3.19. The van der Waals surface area contributed by atoms with Crippen molar-refractivity contribution in [3.8, 4) is 28.6 Å². The van der Waals surface area contributed by atoms with Crippen LogP contribution in [-0.4, -0.2) is 15.3 Å². The van der Waals surface area contributed by atoms with Crippen molar-refractivity contribution in [2.45, 2.75) is 13.8 Å². The summed E-state index contributed by atoms with van der Waals surface area (Å²) in [5, 5.41) is 29.6. The van der Waals surface area contributed by atoms with E-state index >= 15 is 0 Å². The molecule has 112 valence electrons. The first-order valence-corrected chi connectivity index (χ1v) is 6.68. The molecule has 0 saturated carbocycles. The maximum Gasteiger partial charge on any atom is 0.235 e. The van der Waals surface area contributed by atoms with Crippen LogP contribution in [0.15, 0.2) is 39.5 Å². The van der Waals surface area contributed by atoms with Gasteiger partial charge in [-0.1, -0.05) is 0 Å². The van der Waals surface area contributed by atoms with Gasteiger partial charge in [-0.3, -0.25) is 4.79 Å². The van der Waals surface area contributed by atoms with Crippen LogP contribution in [0.4, 0.5) is 0 Å². The first-order chi connectivity index (χ1) is 10.4. The van der Waals surface area contributed by atoms with E-state index in [1.54, 1.807) is 26.0 Å². The van der Waals surface area contributed by atoms with E-state index in [0.717, 1.165) is 0 Å². The fourth-order valence-electron chi connectivity index (χ4n) is 2.48. The SMILES string of the molecule is Cc1cc(-c2oc3cc(O)cc(C)c3c(=O)c2O)ccc1O. The van der Waals surface area contributed by atoms with Gasteiger partial charge in [0.15, 0.2) is 5.76 Å². The van der Waals surface area contributed by atoms with Crippen molar-refractivity contribution in [3.63, 3.8) is 0 Å². The lowest BCUT2D eigenvalue weighted by molar-refractivity contribution is 0.446. The van der Waals surface area contributed by atoms with Gasteiger partial charge in [-0.2, -0.15) is 0 Å². The second-order valence-corrected chi connectivity index (χ2v) is 5.25. The molecule has 2 aromatic carbocycles. The van der Waals surface area contributed by atoms with E-state index in [1.807, 2.05) is 0 Å². The Labute approximate surface area is 125 Å². The topological polar surface area (TPSA) is 90.9 Å². The molecule has 3 aromatic rings. The van der Waals surface area contributed by atoms with Crippen molar-refractivity contribution >= 4 is 11.0 Å². The van der Waals surface area contributed by atoms with E-state index in [-0.39, 0.29) is 28.2 Å². The molecule has 1 aromatic heterocycles. The zero-order valence-electron chi connectivity index (χ0n) is 12.0. The number of phenolic OH excluding ortho intramolecular Hbond substituents is 2. The molecule has 0 radical (unpaired) electrons. The van der Waals surface area contributed by atoms with E-state index < -0.39 is 11.2 Å². The van der Waals surface area contributed by atoms with Gasteiger partial charge < -0.3 is 19.7 Å². The quantitative estimate of drug-likeness (QED) is 0.642. The highest BCUT2D eigenvalue weighted by Gasteiger charge is 2.17. The molecule has 1 heterocycles. The summed E-state index contributed by atoms with van der Waals surface area (Å²) < 4.78 is 5.62. The Morgan fingerprint density at radius 3 is 2.36 bits per heavy atom. The largest absolute Gasteiger partial charge is 0.508 e. The molecule has 5 nitrogen and oxygen atoms in total. The van der Waals surface area contributed by atoms with Gasteiger partial charge in [0.25, 0.3) is 0 Å². The van der Waals surface area contributed by atoms with Gasteiger partial charge in [0, 0.05) is 11.6 Å². The predicted molar refractivity (Wildman–Crippen MR) is 82.4 cm³/mol. The minimum atomic E-state index is -0.556. The average molecular weight is 298 g/mol. The normalized spacial score (nSPS) is 11.0. The smallest absolute Gasteiger partial charge is 0.235 e. The molecule has 5 heteroatoms. The lowest BCUT2D eigenvalue weighted by Gasteiger charge is -2.09. The lowest BCUT2D eigenvalue weighted by Crippen LogP contribution is -2.04. The van der Waals surface area contributed by atoms with Gasteiger partial charge in [0.05, 0.1) is 5.39 Å². The molecule has 0 unspecified atom stereocenters. The van der Waals surface area contributed by atoms with Crippen molar-refractivity contribution in [3.05, 3.63) is 51.7 Å². The van der Waals surface area contributed by atoms with E-state index in [1.165, 1.54) is 18.2 Å². The molecule has 0 bridgehead atoms. The van der Waals surface area contributed by atoms with E-state index in [2.05, 4.69) is 0 Å². The molecule has 0 fully saturated rings. The molecule has 0 aliphatic heterocycles. The minimum absolute atomic E-state index is 0.00519. The molecule has 0 saturated heterocycles. The molecular weight excluding hydrogens is 284 g/mol. The minimum Gasteiger partial charge on any atom is -0.508 e. The molecule has 0 aliphatic rings. The van der Waals surface area contributed by atoms with Crippen LogP contribution in [0.25, 0.3) is 22.3 Å². The summed E-state index contributed by atoms with van der Waals surface area (Å²) >= 11 is 0. The summed E-state index contributed by atoms with van der Waals surface area (Å²) in [4.78, 5) is 12.4. The fourth-order valence-corrected chi connectivity index (χ4v) is 2.48. The lowest BCUT2D eigenvalue weighted by atomic mass is 10.0. The first kappa shape index (κ1) is 14.0. The molecule has 3 N–H and O–H groups in total.